The van der Waals surface area contributed by atoms with Crippen LogP contribution in [0.2, 0.25) is 0 Å². The summed E-state index contributed by atoms with van der Waals surface area (Å²) in [5.74, 6) is 0. The lowest BCUT2D eigenvalue weighted by Gasteiger charge is -2.11. The van der Waals surface area contributed by atoms with E-state index >= 15 is 0 Å². The highest BCUT2D eigenvalue weighted by molar-refractivity contribution is 9.13. The van der Waals surface area contributed by atoms with E-state index in [1.165, 1.54) is 0 Å². The Labute approximate surface area is 136 Å². The zero-order valence-electron chi connectivity index (χ0n) is 11.6. The first-order chi connectivity index (χ1) is 9.51. The molecule has 0 amide bonds. The van der Waals surface area contributed by atoms with Crippen LogP contribution in [0.15, 0.2) is 39.4 Å². The van der Waals surface area contributed by atoms with E-state index in [1.807, 2.05) is 35.1 Å². The van der Waals surface area contributed by atoms with Gasteiger partial charge in [0.1, 0.15) is 0 Å². The zero-order valence-corrected chi connectivity index (χ0v) is 14.7. The van der Waals surface area contributed by atoms with Crippen LogP contribution in [0.25, 0.3) is 0 Å². The predicted molar refractivity (Wildman–Crippen MR) is 87.7 cm³/mol. The second-order valence-electron chi connectivity index (χ2n) is 4.94. The van der Waals surface area contributed by atoms with Crippen LogP contribution < -0.4 is 0 Å². The van der Waals surface area contributed by atoms with Crippen molar-refractivity contribution in [3.63, 3.8) is 0 Å². The van der Waals surface area contributed by atoms with Gasteiger partial charge in [0.25, 0.3) is 0 Å². The summed E-state index contributed by atoms with van der Waals surface area (Å²) in [6.45, 7) is 4.28. The average Bonchev–Trinajstić information content (AvgIpc) is 2.89. The summed E-state index contributed by atoms with van der Waals surface area (Å²) in [6.07, 6.45) is 3.01. The van der Waals surface area contributed by atoms with Gasteiger partial charge in [-0.1, -0.05) is 13.0 Å². The molecule has 2 atom stereocenters. The molecule has 2 aromatic rings. The standard InChI is InChI=1S/C15H18Br2N2O/c1-3-10(2)19-7-6-12(18-19)9-15(20)11-4-5-13(16)14(17)8-11/h4-8,10,15,20H,3,9H2,1-2H3. The first-order valence-electron chi connectivity index (χ1n) is 6.68. The fourth-order valence-electron chi connectivity index (χ4n) is 1.95. The fourth-order valence-corrected chi connectivity index (χ4v) is 2.60. The summed E-state index contributed by atoms with van der Waals surface area (Å²) in [7, 11) is 0. The Morgan fingerprint density at radius 1 is 1.25 bits per heavy atom. The fraction of sp³-hybridized carbons (Fsp3) is 0.400. The molecule has 108 valence electrons. The third-order valence-corrected chi connectivity index (χ3v) is 5.32. The molecule has 1 heterocycles. The monoisotopic (exact) mass is 400 g/mol. The lowest BCUT2D eigenvalue weighted by atomic mass is 10.1. The van der Waals surface area contributed by atoms with Crippen LogP contribution in [0.5, 0.6) is 0 Å². The maximum atomic E-state index is 10.3. The molecule has 3 nitrogen and oxygen atoms in total. The second kappa shape index (κ2) is 6.87. The van der Waals surface area contributed by atoms with E-state index < -0.39 is 6.10 Å². The molecule has 2 rings (SSSR count). The highest BCUT2D eigenvalue weighted by Gasteiger charge is 2.13. The van der Waals surface area contributed by atoms with Crippen molar-refractivity contribution in [1.82, 2.24) is 9.78 Å². The molecule has 2 unspecified atom stereocenters. The molecule has 0 spiro atoms. The van der Waals surface area contributed by atoms with E-state index in [0.29, 0.717) is 12.5 Å². The lowest BCUT2D eigenvalue weighted by Crippen LogP contribution is -2.07. The van der Waals surface area contributed by atoms with Crippen molar-refractivity contribution in [3.8, 4) is 0 Å². The van der Waals surface area contributed by atoms with Crippen LogP contribution >= 0.6 is 31.9 Å². The first kappa shape index (κ1) is 15.7. The van der Waals surface area contributed by atoms with Crippen LogP contribution in [-0.4, -0.2) is 14.9 Å². The Balaban J connectivity index is 2.09. The number of benzene rings is 1. The van der Waals surface area contributed by atoms with Crippen LogP contribution in [0.1, 0.15) is 43.7 Å². The highest BCUT2D eigenvalue weighted by Crippen LogP contribution is 2.27. The number of aliphatic hydroxyl groups excluding tert-OH is 1. The largest absolute Gasteiger partial charge is 0.388 e. The van der Waals surface area contributed by atoms with Crippen LogP contribution in [-0.2, 0) is 6.42 Å². The van der Waals surface area contributed by atoms with Gasteiger partial charge in [-0.05, 0) is 69.0 Å². The van der Waals surface area contributed by atoms with Crippen molar-refractivity contribution in [1.29, 1.82) is 0 Å². The van der Waals surface area contributed by atoms with E-state index in [4.69, 9.17) is 0 Å². The van der Waals surface area contributed by atoms with Gasteiger partial charge in [-0.2, -0.15) is 5.10 Å². The number of aliphatic hydroxyl groups is 1. The summed E-state index contributed by atoms with van der Waals surface area (Å²) in [5, 5.41) is 14.8. The lowest BCUT2D eigenvalue weighted by molar-refractivity contribution is 0.176. The maximum absolute atomic E-state index is 10.3. The molecular formula is C15H18Br2N2O. The van der Waals surface area contributed by atoms with Gasteiger partial charge in [0.05, 0.1) is 11.8 Å². The minimum Gasteiger partial charge on any atom is -0.388 e. The smallest absolute Gasteiger partial charge is 0.0846 e. The van der Waals surface area contributed by atoms with E-state index in [2.05, 4.69) is 50.8 Å². The van der Waals surface area contributed by atoms with Gasteiger partial charge >= 0.3 is 0 Å². The SMILES string of the molecule is CCC(C)n1ccc(CC(O)c2ccc(Br)c(Br)c2)n1. The Morgan fingerprint density at radius 3 is 2.65 bits per heavy atom. The molecule has 0 radical (unpaired) electrons. The summed E-state index contributed by atoms with van der Waals surface area (Å²) >= 11 is 6.88. The van der Waals surface area contributed by atoms with Crippen LogP contribution in [0.3, 0.4) is 0 Å². The molecule has 0 saturated heterocycles. The Kier molecular flexibility index (Phi) is 5.41. The molecule has 20 heavy (non-hydrogen) atoms. The number of halogens is 2. The molecule has 1 aromatic carbocycles. The third kappa shape index (κ3) is 3.71. The van der Waals surface area contributed by atoms with Gasteiger partial charge < -0.3 is 5.11 Å². The zero-order chi connectivity index (χ0) is 14.7. The molecule has 0 aliphatic heterocycles. The summed E-state index contributed by atoms with van der Waals surface area (Å²) < 4.78 is 3.88. The van der Waals surface area contributed by atoms with Crippen molar-refractivity contribution < 1.29 is 5.11 Å². The van der Waals surface area contributed by atoms with Crippen molar-refractivity contribution in [2.24, 2.45) is 0 Å². The number of nitrogens with zero attached hydrogens (tertiary/aromatic N) is 2. The van der Waals surface area contributed by atoms with Gasteiger partial charge in [-0.3, -0.25) is 4.68 Å². The minimum absolute atomic E-state index is 0.391. The summed E-state index contributed by atoms with van der Waals surface area (Å²) in [6, 6.07) is 8.15. The molecular weight excluding hydrogens is 384 g/mol. The summed E-state index contributed by atoms with van der Waals surface area (Å²) in [5.41, 5.74) is 1.80. The molecule has 0 bridgehead atoms. The first-order valence-corrected chi connectivity index (χ1v) is 8.27. The van der Waals surface area contributed by atoms with Gasteiger partial charge in [0.15, 0.2) is 0 Å². The Morgan fingerprint density at radius 2 is 2.00 bits per heavy atom. The molecule has 0 aliphatic carbocycles. The normalized spacial score (nSPS) is 14.2. The Bertz CT molecular complexity index is 583. The second-order valence-corrected chi connectivity index (χ2v) is 6.65. The van der Waals surface area contributed by atoms with E-state index in [0.717, 1.165) is 26.6 Å². The van der Waals surface area contributed by atoms with Crippen molar-refractivity contribution in [2.45, 2.75) is 38.8 Å². The molecule has 0 saturated carbocycles. The van der Waals surface area contributed by atoms with E-state index in [1.54, 1.807) is 0 Å². The average molecular weight is 402 g/mol. The maximum Gasteiger partial charge on any atom is 0.0846 e. The van der Waals surface area contributed by atoms with Gasteiger partial charge in [-0.25, -0.2) is 0 Å². The van der Waals surface area contributed by atoms with E-state index in [-0.39, 0.29) is 0 Å². The van der Waals surface area contributed by atoms with Crippen LogP contribution in [0, 0.1) is 0 Å². The quantitative estimate of drug-likeness (QED) is 0.791. The predicted octanol–water partition coefficient (Wildman–Crippen LogP) is 4.66. The number of hydrogen-bond donors (Lipinski definition) is 1. The molecule has 0 aliphatic rings. The van der Waals surface area contributed by atoms with Crippen molar-refractivity contribution in [2.75, 3.05) is 0 Å². The van der Waals surface area contributed by atoms with Crippen LogP contribution in [0.4, 0.5) is 0 Å². The van der Waals surface area contributed by atoms with E-state index in [9.17, 15) is 5.11 Å². The third-order valence-electron chi connectivity index (χ3n) is 3.44. The number of hydrogen-bond acceptors (Lipinski definition) is 2. The minimum atomic E-state index is -0.542. The molecule has 1 aromatic heterocycles. The molecule has 5 heteroatoms. The topological polar surface area (TPSA) is 38.0 Å². The van der Waals surface area contributed by atoms with Crippen molar-refractivity contribution in [3.05, 3.63) is 50.7 Å². The number of aromatic nitrogens is 2. The van der Waals surface area contributed by atoms with Crippen molar-refractivity contribution >= 4 is 31.9 Å². The molecule has 1 N–H and O–H groups in total. The van der Waals surface area contributed by atoms with Gasteiger partial charge in [0.2, 0.25) is 0 Å². The Hall–Kier alpha value is -0.650. The summed E-state index contributed by atoms with van der Waals surface area (Å²) in [4.78, 5) is 0. The van der Waals surface area contributed by atoms with Gasteiger partial charge in [-0.15, -0.1) is 0 Å². The number of rotatable bonds is 5. The highest BCUT2D eigenvalue weighted by atomic mass is 79.9. The molecule has 0 fully saturated rings. The van der Waals surface area contributed by atoms with Gasteiger partial charge in [0, 0.05) is 27.6 Å².